The lowest BCUT2D eigenvalue weighted by molar-refractivity contribution is 0.289. The number of benzene rings is 2. The highest BCUT2D eigenvalue weighted by Gasteiger charge is 2.39. The summed E-state index contributed by atoms with van der Waals surface area (Å²) in [5.41, 5.74) is 2.19. The zero-order valence-electron chi connectivity index (χ0n) is 14.3. The molecule has 2 aliphatic carbocycles. The van der Waals surface area contributed by atoms with E-state index in [1.54, 1.807) is 0 Å². The Bertz CT molecular complexity index is 757. The van der Waals surface area contributed by atoms with Gasteiger partial charge in [-0.05, 0) is 24.0 Å². The predicted octanol–water partition coefficient (Wildman–Crippen LogP) is 5.40. The minimum Gasteiger partial charge on any atom is -0.291 e. The Kier molecular flexibility index (Phi) is 4.25. The lowest BCUT2D eigenvalue weighted by Crippen LogP contribution is -2.53. The van der Waals surface area contributed by atoms with Crippen LogP contribution >= 0.6 is 0 Å². The molecule has 2 aromatic rings. The molecule has 1 N–H and O–H groups in total. The molecular formula is C24H23N. The first-order chi connectivity index (χ1) is 12.3. The molecule has 0 spiro atoms. The topological polar surface area (TPSA) is 12.0 Å². The van der Waals surface area contributed by atoms with E-state index in [-0.39, 0.29) is 11.1 Å². The van der Waals surface area contributed by atoms with Gasteiger partial charge in [0.1, 0.15) is 0 Å². The maximum absolute atomic E-state index is 4.04. The zero-order valence-corrected chi connectivity index (χ0v) is 14.3. The number of nitrogens with one attached hydrogen (secondary N) is 1. The second kappa shape index (κ2) is 6.70. The number of rotatable bonds is 4. The molecule has 25 heavy (non-hydrogen) atoms. The molecule has 0 amide bonds. The molecule has 0 bridgehead atoms. The van der Waals surface area contributed by atoms with E-state index < -0.39 is 0 Å². The quantitative estimate of drug-likeness (QED) is 0.793. The summed E-state index contributed by atoms with van der Waals surface area (Å²) < 4.78 is 0. The van der Waals surface area contributed by atoms with E-state index in [4.69, 9.17) is 0 Å². The smallest absolute Gasteiger partial charge is 0.0667 e. The Balaban J connectivity index is 1.80. The van der Waals surface area contributed by atoms with Crippen LogP contribution in [0.15, 0.2) is 109 Å². The Labute approximate surface area is 150 Å². The van der Waals surface area contributed by atoms with Crippen LogP contribution in [0, 0.1) is 0 Å². The normalized spacial score (nSPS) is 27.5. The molecule has 1 nitrogen and oxygen atoms in total. The average molecular weight is 325 g/mol. The molecule has 0 aliphatic heterocycles. The van der Waals surface area contributed by atoms with E-state index in [9.17, 15) is 0 Å². The molecule has 2 aliphatic rings. The number of allylic oxidation sites excluding steroid dienone is 4. The van der Waals surface area contributed by atoms with Crippen molar-refractivity contribution in [3.8, 4) is 0 Å². The molecule has 4 rings (SSSR count). The summed E-state index contributed by atoms with van der Waals surface area (Å²) in [5.74, 6) is 0. The van der Waals surface area contributed by atoms with Crippen molar-refractivity contribution in [2.75, 3.05) is 0 Å². The fourth-order valence-electron chi connectivity index (χ4n) is 3.87. The fraction of sp³-hybridized carbons (Fsp3) is 0.167. The molecule has 2 atom stereocenters. The Morgan fingerprint density at radius 3 is 1.36 bits per heavy atom. The van der Waals surface area contributed by atoms with E-state index in [1.165, 1.54) is 11.1 Å². The first-order valence-corrected chi connectivity index (χ1v) is 8.92. The highest BCUT2D eigenvalue weighted by Crippen LogP contribution is 2.38. The van der Waals surface area contributed by atoms with Crippen LogP contribution in [0.4, 0.5) is 0 Å². The Hall–Kier alpha value is -2.64. The summed E-state index contributed by atoms with van der Waals surface area (Å²) in [5, 5.41) is 4.04. The maximum Gasteiger partial charge on any atom is 0.0667 e. The van der Waals surface area contributed by atoms with Crippen LogP contribution < -0.4 is 5.32 Å². The average Bonchev–Trinajstić information content (AvgIpc) is 2.71. The summed E-state index contributed by atoms with van der Waals surface area (Å²) in [6.45, 7) is 0. The van der Waals surface area contributed by atoms with E-state index in [2.05, 4.69) is 115 Å². The highest BCUT2D eigenvalue weighted by atomic mass is 15.1. The molecule has 0 heterocycles. The van der Waals surface area contributed by atoms with Crippen molar-refractivity contribution in [2.24, 2.45) is 0 Å². The van der Waals surface area contributed by atoms with E-state index >= 15 is 0 Å². The van der Waals surface area contributed by atoms with Crippen molar-refractivity contribution in [3.05, 3.63) is 120 Å². The van der Waals surface area contributed by atoms with Gasteiger partial charge in [-0.25, -0.2) is 0 Å². The Morgan fingerprint density at radius 2 is 1.00 bits per heavy atom. The van der Waals surface area contributed by atoms with E-state index in [1.807, 2.05) is 0 Å². The fourth-order valence-corrected chi connectivity index (χ4v) is 3.87. The lowest BCUT2D eigenvalue weighted by Gasteiger charge is -2.44. The van der Waals surface area contributed by atoms with Crippen LogP contribution in [0.5, 0.6) is 0 Å². The molecular weight excluding hydrogens is 302 g/mol. The summed E-state index contributed by atoms with van der Waals surface area (Å²) in [7, 11) is 0. The van der Waals surface area contributed by atoms with Gasteiger partial charge in [0.25, 0.3) is 0 Å². The van der Waals surface area contributed by atoms with Crippen LogP contribution in [-0.2, 0) is 11.1 Å². The summed E-state index contributed by atoms with van der Waals surface area (Å²) in [4.78, 5) is 0. The third-order valence-corrected chi connectivity index (χ3v) is 5.16. The van der Waals surface area contributed by atoms with Crippen LogP contribution in [0.2, 0.25) is 0 Å². The lowest BCUT2D eigenvalue weighted by atomic mass is 9.76. The number of hydrogen-bond donors (Lipinski definition) is 1. The molecule has 0 saturated carbocycles. The van der Waals surface area contributed by atoms with Crippen molar-refractivity contribution in [2.45, 2.75) is 23.9 Å². The minimum absolute atomic E-state index is 0.207. The van der Waals surface area contributed by atoms with Gasteiger partial charge in [0, 0.05) is 0 Å². The van der Waals surface area contributed by atoms with Gasteiger partial charge in [0.05, 0.1) is 11.1 Å². The first-order valence-electron chi connectivity index (χ1n) is 8.92. The first kappa shape index (κ1) is 15.9. The van der Waals surface area contributed by atoms with Gasteiger partial charge < -0.3 is 0 Å². The van der Waals surface area contributed by atoms with Crippen molar-refractivity contribution < 1.29 is 0 Å². The second-order valence-corrected chi connectivity index (χ2v) is 6.78. The summed E-state index contributed by atoms with van der Waals surface area (Å²) in [6, 6.07) is 21.5. The molecule has 2 aromatic carbocycles. The Morgan fingerprint density at radius 1 is 0.560 bits per heavy atom. The monoisotopic (exact) mass is 325 g/mol. The van der Waals surface area contributed by atoms with Crippen molar-refractivity contribution >= 4 is 0 Å². The van der Waals surface area contributed by atoms with E-state index in [0.29, 0.717) is 0 Å². The van der Waals surface area contributed by atoms with Gasteiger partial charge >= 0.3 is 0 Å². The predicted molar refractivity (Wildman–Crippen MR) is 105 cm³/mol. The third kappa shape index (κ3) is 3.04. The molecule has 0 radical (unpaired) electrons. The molecule has 2 unspecified atom stereocenters. The molecule has 124 valence electrons. The van der Waals surface area contributed by atoms with Crippen LogP contribution in [0.25, 0.3) is 0 Å². The van der Waals surface area contributed by atoms with Crippen LogP contribution in [0.3, 0.4) is 0 Å². The molecule has 1 heteroatoms. The van der Waals surface area contributed by atoms with Gasteiger partial charge in [0.15, 0.2) is 0 Å². The summed E-state index contributed by atoms with van der Waals surface area (Å²) in [6.07, 6.45) is 19.6. The maximum atomic E-state index is 4.04. The van der Waals surface area contributed by atoms with Crippen molar-refractivity contribution in [1.29, 1.82) is 0 Å². The highest BCUT2D eigenvalue weighted by molar-refractivity contribution is 5.41. The van der Waals surface area contributed by atoms with Crippen LogP contribution in [0.1, 0.15) is 24.0 Å². The minimum atomic E-state index is -0.207. The molecule has 0 aromatic heterocycles. The third-order valence-electron chi connectivity index (χ3n) is 5.16. The van der Waals surface area contributed by atoms with Gasteiger partial charge in [-0.1, -0.05) is 109 Å². The van der Waals surface area contributed by atoms with Gasteiger partial charge in [-0.15, -0.1) is 0 Å². The van der Waals surface area contributed by atoms with Crippen molar-refractivity contribution in [1.82, 2.24) is 5.32 Å². The largest absolute Gasteiger partial charge is 0.291 e. The SMILES string of the molecule is C1=CCC(NC2(c3ccccc3)C=CC=CC2)(c2ccccc2)C=C1. The van der Waals surface area contributed by atoms with Crippen molar-refractivity contribution in [3.63, 3.8) is 0 Å². The zero-order chi connectivity index (χ0) is 17.0. The second-order valence-electron chi connectivity index (χ2n) is 6.78. The standard InChI is InChI=1S/C24H23N/c1-5-13-21(14-6-1)23(17-9-3-10-18-23)25-24(19-11-4-12-20-24)22-15-7-2-8-16-22/h1-17,19,25H,18,20H2. The summed E-state index contributed by atoms with van der Waals surface area (Å²) >= 11 is 0. The molecule has 0 saturated heterocycles. The van der Waals surface area contributed by atoms with Gasteiger partial charge in [-0.3, -0.25) is 5.32 Å². The molecule has 0 fully saturated rings. The van der Waals surface area contributed by atoms with E-state index in [0.717, 1.165) is 12.8 Å². The van der Waals surface area contributed by atoms with Gasteiger partial charge in [0.2, 0.25) is 0 Å². The van der Waals surface area contributed by atoms with Crippen LogP contribution in [-0.4, -0.2) is 0 Å². The van der Waals surface area contributed by atoms with Gasteiger partial charge in [-0.2, -0.15) is 0 Å². The number of hydrogen-bond acceptors (Lipinski definition) is 1.